The van der Waals surface area contributed by atoms with Crippen molar-refractivity contribution in [2.45, 2.75) is 25.4 Å². The van der Waals surface area contributed by atoms with E-state index in [2.05, 4.69) is 15.2 Å². The molecule has 1 unspecified atom stereocenters. The number of nitrogens with one attached hydrogen (secondary N) is 1. The van der Waals surface area contributed by atoms with Crippen molar-refractivity contribution in [3.63, 3.8) is 0 Å². The van der Waals surface area contributed by atoms with Gasteiger partial charge in [0.2, 0.25) is 0 Å². The third-order valence-electron chi connectivity index (χ3n) is 4.86. The van der Waals surface area contributed by atoms with Gasteiger partial charge in [0.25, 0.3) is 0 Å². The van der Waals surface area contributed by atoms with Crippen LogP contribution in [0.2, 0.25) is 0 Å². The molecule has 2 saturated heterocycles. The lowest BCUT2D eigenvalue weighted by Crippen LogP contribution is -2.47. The van der Waals surface area contributed by atoms with Crippen LogP contribution < -0.4 is 5.32 Å². The number of hydrogen-bond donors (Lipinski definition) is 1. The van der Waals surface area contributed by atoms with Crippen LogP contribution in [0.3, 0.4) is 0 Å². The van der Waals surface area contributed by atoms with Crippen molar-refractivity contribution < 1.29 is 22.7 Å². The minimum absolute atomic E-state index is 0. The highest BCUT2D eigenvalue weighted by Crippen LogP contribution is 2.23. The average molecular weight is 492 g/mol. The Labute approximate surface area is 169 Å². The smallest absolute Gasteiger partial charge is 0.401 e. The number of piperidine rings is 1. The Morgan fingerprint density at radius 3 is 2.42 bits per heavy atom. The minimum Gasteiger partial charge on any atom is -0.469 e. The second-order valence-corrected chi connectivity index (χ2v) is 6.72. The zero-order chi connectivity index (χ0) is 18.4. The predicted molar refractivity (Wildman–Crippen MR) is 104 cm³/mol. The van der Waals surface area contributed by atoms with E-state index in [1.54, 1.807) is 7.05 Å². The number of likely N-dealkylation sites (tertiary alicyclic amines) is 2. The molecule has 1 N–H and O–H groups in total. The Bertz CT molecular complexity index is 483. The van der Waals surface area contributed by atoms with Gasteiger partial charge in [-0.3, -0.25) is 14.7 Å². The van der Waals surface area contributed by atoms with Gasteiger partial charge < -0.3 is 15.0 Å². The molecule has 0 aromatic rings. The van der Waals surface area contributed by atoms with E-state index in [-0.39, 0.29) is 41.8 Å². The summed E-state index contributed by atoms with van der Waals surface area (Å²) in [5.74, 6) is 0.702. The van der Waals surface area contributed by atoms with Crippen molar-refractivity contribution in [2.75, 3.05) is 53.4 Å². The van der Waals surface area contributed by atoms with Crippen molar-refractivity contribution in [2.24, 2.45) is 16.8 Å². The molecule has 0 aromatic heterocycles. The first kappa shape index (κ1) is 23.3. The zero-order valence-electron chi connectivity index (χ0n) is 15.2. The molecule has 26 heavy (non-hydrogen) atoms. The van der Waals surface area contributed by atoms with Crippen LogP contribution in [0, 0.1) is 11.8 Å². The molecule has 10 heteroatoms. The van der Waals surface area contributed by atoms with Crippen molar-refractivity contribution >= 4 is 35.9 Å². The molecular weight excluding hydrogens is 464 g/mol. The molecule has 152 valence electrons. The lowest BCUT2D eigenvalue weighted by molar-refractivity contribution is -0.146. The van der Waals surface area contributed by atoms with E-state index in [9.17, 15) is 18.0 Å². The quantitative estimate of drug-likeness (QED) is 0.282. The fourth-order valence-corrected chi connectivity index (χ4v) is 3.54. The standard InChI is InChI=1S/C16H27F3N4O2.HI/c1-20-15(23-7-4-13(5-8-23)14(24)25-2)21-9-12-3-6-22(10-12)11-16(17,18)19;/h12-13H,3-11H2,1-2H3,(H,20,21);1H. The zero-order valence-corrected chi connectivity index (χ0v) is 17.5. The number of ether oxygens (including phenoxy) is 1. The summed E-state index contributed by atoms with van der Waals surface area (Å²) in [5.41, 5.74) is 0. The lowest BCUT2D eigenvalue weighted by Gasteiger charge is -2.33. The number of rotatable bonds is 4. The van der Waals surface area contributed by atoms with Crippen molar-refractivity contribution in [3.05, 3.63) is 0 Å². The van der Waals surface area contributed by atoms with Crippen LogP contribution >= 0.6 is 24.0 Å². The fourth-order valence-electron chi connectivity index (χ4n) is 3.54. The number of carbonyl (C=O) groups excluding carboxylic acids is 1. The Morgan fingerprint density at radius 2 is 1.88 bits per heavy atom. The van der Waals surface area contributed by atoms with Crippen molar-refractivity contribution in [1.82, 2.24) is 15.1 Å². The van der Waals surface area contributed by atoms with Gasteiger partial charge in [0.05, 0.1) is 19.6 Å². The van der Waals surface area contributed by atoms with Gasteiger partial charge in [0.15, 0.2) is 5.96 Å². The molecular formula is C16H28F3IN4O2. The molecule has 0 amide bonds. The second-order valence-electron chi connectivity index (χ2n) is 6.72. The molecule has 2 rings (SSSR count). The van der Waals surface area contributed by atoms with E-state index < -0.39 is 12.7 Å². The number of nitrogens with zero attached hydrogens (tertiary/aromatic N) is 3. The number of halogens is 4. The Balaban J connectivity index is 0.00000338. The van der Waals surface area contributed by atoms with Crippen LogP contribution in [0.1, 0.15) is 19.3 Å². The first-order valence-electron chi connectivity index (χ1n) is 8.65. The molecule has 0 spiro atoms. The third-order valence-corrected chi connectivity index (χ3v) is 4.86. The second kappa shape index (κ2) is 10.5. The number of esters is 1. The normalized spacial score (nSPS) is 22.9. The van der Waals surface area contributed by atoms with Gasteiger partial charge in [-0.25, -0.2) is 0 Å². The number of aliphatic imine (C=N–C) groups is 1. The highest BCUT2D eigenvalue weighted by molar-refractivity contribution is 14.0. The highest BCUT2D eigenvalue weighted by Gasteiger charge is 2.34. The van der Waals surface area contributed by atoms with Gasteiger partial charge in [-0.1, -0.05) is 0 Å². The van der Waals surface area contributed by atoms with E-state index in [1.807, 2.05) is 0 Å². The molecule has 0 saturated carbocycles. The molecule has 6 nitrogen and oxygen atoms in total. The lowest BCUT2D eigenvalue weighted by atomic mass is 9.97. The van der Waals surface area contributed by atoms with E-state index >= 15 is 0 Å². The molecule has 0 aliphatic carbocycles. The van der Waals surface area contributed by atoms with Crippen molar-refractivity contribution in [3.8, 4) is 0 Å². The highest BCUT2D eigenvalue weighted by atomic mass is 127. The number of guanidine groups is 1. The van der Waals surface area contributed by atoms with Gasteiger partial charge >= 0.3 is 12.1 Å². The summed E-state index contributed by atoms with van der Waals surface area (Å²) in [6, 6.07) is 0. The molecule has 1 atom stereocenters. The molecule has 2 aliphatic heterocycles. The van der Waals surface area contributed by atoms with Crippen molar-refractivity contribution in [1.29, 1.82) is 0 Å². The average Bonchev–Trinajstić information content (AvgIpc) is 3.00. The van der Waals surface area contributed by atoms with Crippen LogP contribution in [0.15, 0.2) is 4.99 Å². The topological polar surface area (TPSA) is 57.2 Å². The minimum atomic E-state index is -4.14. The summed E-state index contributed by atoms with van der Waals surface area (Å²) in [5, 5.41) is 3.27. The van der Waals surface area contributed by atoms with Gasteiger partial charge in [-0.15, -0.1) is 24.0 Å². The van der Waals surface area contributed by atoms with E-state index in [1.165, 1.54) is 12.0 Å². The largest absolute Gasteiger partial charge is 0.469 e. The molecule has 0 bridgehead atoms. The third kappa shape index (κ3) is 7.09. The van der Waals surface area contributed by atoms with Gasteiger partial charge in [-0.2, -0.15) is 13.2 Å². The number of hydrogen-bond acceptors (Lipinski definition) is 4. The summed E-state index contributed by atoms with van der Waals surface area (Å²) >= 11 is 0. The first-order chi connectivity index (χ1) is 11.8. The number of carbonyl (C=O) groups is 1. The SMILES string of the molecule is CN=C(NCC1CCN(CC(F)(F)F)C1)N1CCC(C(=O)OC)CC1.I. The Morgan fingerprint density at radius 1 is 1.23 bits per heavy atom. The monoisotopic (exact) mass is 492 g/mol. The van der Waals surface area contributed by atoms with Gasteiger partial charge in [-0.05, 0) is 31.7 Å². The van der Waals surface area contributed by atoms with E-state index in [0.29, 0.717) is 32.7 Å². The number of alkyl halides is 3. The summed E-state index contributed by atoms with van der Waals surface area (Å²) in [6.45, 7) is 2.13. The Hall–Kier alpha value is -0.780. The van der Waals surface area contributed by atoms with Gasteiger partial charge in [0.1, 0.15) is 0 Å². The maximum atomic E-state index is 12.4. The van der Waals surface area contributed by atoms with Crippen LogP contribution in [0.4, 0.5) is 13.2 Å². The first-order valence-corrected chi connectivity index (χ1v) is 8.65. The van der Waals surface area contributed by atoms with Crippen LogP contribution in [-0.4, -0.2) is 81.3 Å². The summed E-state index contributed by atoms with van der Waals surface area (Å²) in [4.78, 5) is 19.4. The maximum absolute atomic E-state index is 12.4. The molecule has 0 radical (unpaired) electrons. The molecule has 0 aromatic carbocycles. The predicted octanol–water partition coefficient (Wildman–Crippen LogP) is 1.95. The summed E-state index contributed by atoms with van der Waals surface area (Å²) in [6.07, 6.45) is -1.95. The van der Waals surface area contributed by atoms with Crippen LogP contribution in [0.5, 0.6) is 0 Å². The summed E-state index contributed by atoms with van der Waals surface area (Å²) < 4.78 is 42.1. The maximum Gasteiger partial charge on any atom is 0.401 e. The van der Waals surface area contributed by atoms with E-state index in [4.69, 9.17) is 4.74 Å². The molecule has 2 fully saturated rings. The van der Waals surface area contributed by atoms with Crippen LogP contribution in [-0.2, 0) is 9.53 Å². The van der Waals surface area contributed by atoms with Crippen LogP contribution in [0.25, 0.3) is 0 Å². The summed E-state index contributed by atoms with van der Waals surface area (Å²) in [7, 11) is 3.10. The fraction of sp³-hybridized carbons (Fsp3) is 0.875. The van der Waals surface area contributed by atoms with E-state index in [0.717, 1.165) is 25.2 Å². The molecule has 2 aliphatic rings. The number of methoxy groups -OCH3 is 1. The van der Waals surface area contributed by atoms with Gasteiger partial charge in [0, 0.05) is 33.2 Å². The Kier molecular flexibility index (Phi) is 9.42. The molecule has 2 heterocycles.